The minimum absolute atomic E-state index is 0.0803. The molecule has 2 N–H and O–H groups in total. The average Bonchev–Trinajstić information content (AvgIpc) is 2.84. The maximum atomic E-state index is 12.2. The molecule has 0 saturated heterocycles. The van der Waals surface area contributed by atoms with Gasteiger partial charge in [-0.3, -0.25) is 4.79 Å². The molecule has 0 radical (unpaired) electrons. The van der Waals surface area contributed by atoms with Crippen molar-refractivity contribution < 1.29 is 9.21 Å². The zero-order valence-corrected chi connectivity index (χ0v) is 10.8. The SMILES string of the molecule is Cc1ccc(CN(C)C(=O)c2cc(N)cn2C)o1. The Morgan fingerprint density at radius 1 is 1.50 bits per heavy atom. The summed E-state index contributed by atoms with van der Waals surface area (Å²) in [5.74, 6) is 1.53. The highest BCUT2D eigenvalue weighted by atomic mass is 16.3. The second-order valence-electron chi connectivity index (χ2n) is 4.44. The minimum Gasteiger partial charge on any atom is -0.464 e. The van der Waals surface area contributed by atoms with E-state index in [0.717, 1.165) is 11.5 Å². The highest BCUT2D eigenvalue weighted by Gasteiger charge is 2.16. The van der Waals surface area contributed by atoms with Crippen LogP contribution >= 0.6 is 0 Å². The van der Waals surface area contributed by atoms with Gasteiger partial charge in [0.25, 0.3) is 5.91 Å². The summed E-state index contributed by atoms with van der Waals surface area (Å²) >= 11 is 0. The van der Waals surface area contributed by atoms with E-state index >= 15 is 0 Å². The monoisotopic (exact) mass is 247 g/mol. The van der Waals surface area contributed by atoms with Crippen LogP contribution in [0.4, 0.5) is 5.69 Å². The lowest BCUT2D eigenvalue weighted by Gasteiger charge is -2.15. The lowest BCUT2D eigenvalue weighted by molar-refractivity contribution is 0.0765. The first-order chi connectivity index (χ1) is 8.47. The largest absolute Gasteiger partial charge is 0.464 e. The third-order valence-corrected chi connectivity index (χ3v) is 2.78. The molecule has 0 unspecified atom stereocenters. The lowest BCUT2D eigenvalue weighted by Crippen LogP contribution is -2.27. The van der Waals surface area contributed by atoms with Crippen molar-refractivity contribution in [3.8, 4) is 0 Å². The van der Waals surface area contributed by atoms with Gasteiger partial charge in [0, 0.05) is 20.3 Å². The Kier molecular flexibility index (Phi) is 3.14. The van der Waals surface area contributed by atoms with Gasteiger partial charge in [0.15, 0.2) is 0 Å². The van der Waals surface area contributed by atoms with Gasteiger partial charge < -0.3 is 19.6 Å². The fourth-order valence-electron chi connectivity index (χ4n) is 1.87. The van der Waals surface area contributed by atoms with E-state index in [1.807, 2.05) is 19.1 Å². The van der Waals surface area contributed by atoms with Crippen molar-refractivity contribution in [2.45, 2.75) is 13.5 Å². The third-order valence-electron chi connectivity index (χ3n) is 2.78. The second kappa shape index (κ2) is 4.60. The van der Waals surface area contributed by atoms with Gasteiger partial charge >= 0.3 is 0 Å². The Hall–Kier alpha value is -2.17. The van der Waals surface area contributed by atoms with Crippen molar-refractivity contribution >= 4 is 11.6 Å². The molecule has 2 heterocycles. The summed E-state index contributed by atoms with van der Waals surface area (Å²) in [6.07, 6.45) is 1.72. The number of aryl methyl sites for hydroxylation is 2. The number of nitrogens with two attached hydrogens (primary N) is 1. The van der Waals surface area contributed by atoms with Gasteiger partial charge in [-0.2, -0.15) is 0 Å². The molecule has 2 rings (SSSR count). The summed E-state index contributed by atoms with van der Waals surface area (Å²) in [7, 11) is 3.54. The van der Waals surface area contributed by atoms with Crippen LogP contribution in [-0.2, 0) is 13.6 Å². The number of anilines is 1. The number of hydrogen-bond acceptors (Lipinski definition) is 3. The van der Waals surface area contributed by atoms with Crippen LogP contribution in [0.2, 0.25) is 0 Å². The molecule has 0 aromatic carbocycles. The van der Waals surface area contributed by atoms with E-state index in [0.29, 0.717) is 17.9 Å². The van der Waals surface area contributed by atoms with E-state index in [-0.39, 0.29) is 5.91 Å². The van der Waals surface area contributed by atoms with Gasteiger partial charge in [-0.15, -0.1) is 0 Å². The molecule has 5 nitrogen and oxygen atoms in total. The quantitative estimate of drug-likeness (QED) is 0.899. The minimum atomic E-state index is -0.0803. The summed E-state index contributed by atoms with van der Waals surface area (Å²) < 4.78 is 7.17. The zero-order chi connectivity index (χ0) is 13.3. The molecule has 2 aromatic rings. The molecule has 0 fully saturated rings. The molecular weight excluding hydrogens is 230 g/mol. The molecule has 0 spiro atoms. The molecule has 0 aliphatic carbocycles. The first kappa shape index (κ1) is 12.3. The van der Waals surface area contributed by atoms with E-state index in [9.17, 15) is 4.79 Å². The Bertz CT molecular complexity index is 569. The fourth-order valence-corrected chi connectivity index (χ4v) is 1.87. The fraction of sp³-hybridized carbons (Fsp3) is 0.308. The molecule has 96 valence electrons. The van der Waals surface area contributed by atoms with Gasteiger partial charge in [-0.25, -0.2) is 0 Å². The van der Waals surface area contributed by atoms with Crippen molar-refractivity contribution in [2.75, 3.05) is 12.8 Å². The molecule has 0 aliphatic heterocycles. The molecule has 0 atom stereocenters. The van der Waals surface area contributed by atoms with Crippen molar-refractivity contribution in [1.29, 1.82) is 0 Å². The molecular formula is C13H17N3O2. The van der Waals surface area contributed by atoms with Crippen molar-refractivity contribution in [3.05, 3.63) is 41.6 Å². The molecule has 1 amide bonds. The molecule has 0 bridgehead atoms. The average molecular weight is 247 g/mol. The van der Waals surface area contributed by atoms with Crippen LogP contribution in [0.1, 0.15) is 22.0 Å². The lowest BCUT2D eigenvalue weighted by atomic mass is 10.3. The van der Waals surface area contributed by atoms with Crippen LogP contribution in [0.3, 0.4) is 0 Å². The predicted octanol–water partition coefficient (Wildman–Crippen LogP) is 1.78. The maximum Gasteiger partial charge on any atom is 0.270 e. The van der Waals surface area contributed by atoms with Gasteiger partial charge in [0.1, 0.15) is 17.2 Å². The van der Waals surface area contributed by atoms with E-state index in [2.05, 4.69) is 0 Å². The Labute approximate surface area is 106 Å². The van der Waals surface area contributed by atoms with Crippen LogP contribution < -0.4 is 5.73 Å². The second-order valence-corrected chi connectivity index (χ2v) is 4.44. The van der Waals surface area contributed by atoms with Crippen LogP contribution in [-0.4, -0.2) is 22.4 Å². The van der Waals surface area contributed by atoms with Crippen LogP contribution in [0.5, 0.6) is 0 Å². The summed E-state index contributed by atoms with van der Waals surface area (Å²) in [6.45, 7) is 2.32. The van der Waals surface area contributed by atoms with Crippen molar-refractivity contribution in [1.82, 2.24) is 9.47 Å². The maximum absolute atomic E-state index is 12.2. The number of amides is 1. The van der Waals surface area contributed by atoms with Crippen LogP contribution in [0, 0.1) is 6.92 Å². The molecule has 0 aliphatic rings. The highest BCUT2D eigenvalue weighted by Crippen LogP contribution is 2.14. The van der Waals surface area contributed by atoms with Crippen LogP contribution in [0.15, 0.2) is 28.8 Å². The van der Waals surface area contributed by atoms with E-state index < -0.39 is 0 Å². The number of rotatable bonds is 3. The molecule has 2 aromatic heterocycles. The number of furan rings is 1. The first-order valence-corrected chi connectivity index (χ1v) is 5.70. The van der Waals surface area contributed by atoms with E-state index in [4.69, 9.17) is 10.2 Å². The highest BCUT2D eigenvalue weighted by molar-refractivity contribution is 5.93. The van der Waals surface area contributed by atoms with Gasteiger partial charge in [0.05, 0.1) is 12.2 Å². The summed E-state index contributed by atoms with van der Waals surface area (Å²) in [5.41, 5.74) is 6.82. The number of carbonyl (C=O) groups excluding carboxylic acids is 1. The number of nitrogen functional groups attached to an aromatic ring is 1. The molecule has 5 heteroatoms. The summed E-state index contributed by atoms with van der Waals surface area (Å²) in [6, 6.07) is 5.43. The summed E-state index contributed by atoms with van der Waals surface area (Å²) in [5, 5.41) is 0. The molecule has 18 heavy (non-hydrogen) atoms. The Morgan fingerprint density at radius 2 is 2.22 bits per heavy atom. The molecule has 0 saturated carbocycles. The van der Waals surface area contributed by atoms with Gasteiger partial charge in [-0.05, 0) is 25.1 Å². The zero-order valence-electron chi connectivity index (χ0n) is 10.8. The van der Waals surface area contributed by atoms with Crippen molar-refractivity contribution in [3.63, 3.8) is 0 Å². The van der Waals surface area contributed by atoms with Gasteiger partial charge in [-0.1, -0.05) is 0 Å². The Balaban J connectivity index is 2.11. The normalized spacial score (nSPS) is 10.6. The standard InChI is InChI=1S/C13H17N3O2/c1-9-4-5-11(18-9)8-16(3)13(17)12-6-10(14)7-15(12)2/h4-7H,8,14H2,1-3H3. The predicted molar refractivity (Wildman–Crippen MR) is 69.1 cm³/mol. The number of aromatic nitrogens is 1. The van der Waals surface area contributed by atoms with Gasteiger partial charge in [0.2, 0.25) is 0 Å². The summed E-state index contributed by atoms with van der Waals surface area (Å²) in [4.78, 5) is 13.8. The number of hydrogen-bond donors (Lipinski definition) is 1. The Morgan fingerprint density at radius 3 is 2.72 bits per heavy atom. The topological polar surface area (TPSA) is 64.4 Å². The van der Waals surface area contributed by atoms with Crippen LogP contribution in [0.25, 0.3) is 0 Å². The number of nitrogens with zero attached hydrogens (tertiary/aromatic N) is 2. The third kappa shape index (κ3) is 2.40. The smallest absolute Gasteiger partial charge is 0.270 e. The van der Waals surface area contributed by atoms with E-state index in [1.54, 1.807) is 35.8 Å². The van der Waals surface area contributed by atoms with Crippen molar-refractivity contribution in [2.24, 2.45) is 7.05 Å². The first-order valence-electron chi connectivity index (χ1n) is 5.70. The number of carbonyl (C=O) groups is 1. The van der Waals surface area contributed by atoms with E-state index in [1.165, 1.54) is 0 Å².